The molecule has 26 heavy (non-hydrogen) atoms. The number of hydrogen-bond donors (Lipinski definition) is 1. The fraction of sp³-hybridized carbons (Fsp3) is 0.125. The number of amides is 1. The van der Waals surface area contributed by atoms with Crippen LogP contribution in [0, 0.1) is 12.7 Å². The number of hydrogen-bond acceptors (Lipinski definition) is 4. The van der Waals surface area contributed by atoms with Gasteiger partial charge in [0.2, 0.25) is 0 Å². The zero-order valence-electron chi connectivity index (χ0n) is 13.3. The minimum Gasteiger partial charge on any atom is -0.305 e. The fourth-order valence-corrected chi connectivity index (χ4v) is 2.20. The molecule has 0 radical (unpaired) electrons. The van der Waals surface area contributed by atoms with Crippen LogP contribution >= 0.6 is 0 Å². The second kappa shape index (κ2) is 6.54. The van der Waals surface area contributed by atoms with E-state index in [0.29, 0.717) is 11.4 Å². The number of alkyl halides is 3. The smallest absolute Gasteiger partial charge is 0.305 e. The van der Waals surface area contributed by atoms with E-state index < -0.39 is 23.6 Å². The molecule has 0 saturated carbocycles. The van der Waals surface area contributed by atoms with Crippen LogP contribution in [0.25, 0.3) is 5.69 Å². The predicted molar refractivity (Wildman–Crippen MR) is 83.2 cm³/mol. The molecule has 1 amide bonds. The Kier molecular flexibility index (Phi) is 4.41. The standard InChI is InChI=1S/C16H11F4N5O/c1-9-14(23-24-25(9)11-7-5-10(17)6-8-11)15(26)22-13-4-2-3-12(21-13)16(18,19)20/h2-8H,1H3,(H,21,22,26). The number of aromatic nitrogens is 4. The summed E-state index contributed by atoms with van der Waals surface area (Å²) in [4.78, 5) is 15.6. The van der Waals surface area contributed by atoms with E-state index in [0.717, 1.165) is 12.1 Å². The molecule has 10 heteroatoms. The van der Waals surface area contributed by atoms with E-state index in [-0.39, 0.29) is 11.5 Å². The zero-order chi connectivity index (χ0) is 18.9. The molecule has 0 fully saturated rings. The molecule has 0 aliphatic carbocycles. The number of nitrogens with one attached hydrogen (secondary N) is 1. The monoisotopic (exact) mass is 365 g/mol. The van der Waals surface area contributed by atoms with Gasteiger partial charge in [-0.1, -0.05) is 11.3 Å². The second-order valence-electron chi connectivity index (χ2n) is 5.27. The summed E-state index contributed by atoms with van der Waals surface area (Å²) in [7, 11) is 0. The maximum atomic E-state index is 13.0. The molecular formula is C16H11F4N5O. The quantitative estimate of drug-likeness (QED) is 0.723. The summed E-state index contributed by atoms with van der Waals surface area (Å²) in [5.74, 6) is -1.46. The summed E-state index contributed by atoms with van der Waals surface area (Å²) in [6.07, 6.45) is -4.62. The summed E-state index contributed by atoms with van der Waals surface area (Å²) in [6, 6.07) is 8.51. The molecule has 1 aromatic carbocycles. The predicted octanol–water partition coefficient (Wildman–Crippen LogP) is 3.38. The lowest BCUT2D eigenvalue weighted by molar-refractivity contribution is -0.141. The van der Waals surface area contributed by atoms with E-state index in [4.69, 9.17) is 0 Å². The van der Waals surface area contributed by atoms with Crippen LogP contribution in [0.15, 0.2) is 42.5 Å². The molecule has 0 unspecified atom stereocenters. The Bertz CT molecular complexity index is 950. The Balaban J connectivity index is 1.84. The number of nitrogens with zero attached hydrogens (tertiary/aromatic N) is 4. The Hall–Kier alpha value is -3.30. The summed E-state index contributed by atoms with van der Waals surface area (Å²) < 4.78 is 52.4. The largest absolute Gasteiger partial charge is 0.433 e. The van der Waals surface area contributed by atoms with E-state index in [1.54, 1.807) is 6.92 Å². The van der Waals surface area contributed by atoms with Crippen molar-refractivity contribution in [2.75, 3.05) is 5.32 Å². The third-order valence-corrected chi connectivity index (χ3v) is 3.46. The van der Waals surface area contributed by atoms with Gasteiger partial charge in [0.05, 0.1) is 11.4 Å². The van der Waals surface area contributed by atoms with Crippen molar-refractivity contribution in [2.24, 2.45) is 0 Å². The van der Waals surface area contributed by atoms with E-state index in [1.165, 1.54) is 35.0 Å². The van der Waals surface area contributed by atoms with Gasteiger partial charge in [-0.3, -0.25) is 4.79 Å². The molecule has 0 spiro atoms. The lowest BCUT2D eigenvalue weighted by Gasteiger charge is -2.08. The zero-order valence-corrected chi connectivity index (χ0v) is 13.3. The van der Waals surface area contributed by atoms with Crippen LogP contribution < -0.4 is 5.32 Å². The molecule has 3 rings (SSSR count). The van der Waals surface area contributed by atoms with E-state index >= 15 is 0 Å². The van der Waals surface area contributed by atoms with E-state index in [1.807, 2.05) is 0 Å². The highest BCUT2D eigenvalue weighted by atomic mass is 19.4. The highest BCUT2D eigenvalue weighted by Crippen LogP contribution is 2.28. The van der Waals surface area contributed by atoms with Crippen molar-refractivity contribution in [3.63, 3.8) is 0 Å². The van der Waals surface area contributed by atoms with Crippen molar-refractivity contribution < 1.29 is 22.4 Å². The summed E-state index contributed by atoms with van der Waals surface area (Å²) in [6.45, 7) is 1.55. The van der Waals surface area contributed by atoms with Gasteiger partial charge in [-0.15, -0.1) is 5.10 Å². The van der Waals surface area contributed by atoms with Gasteiger partial charge in [-0.2, -0.15) is 13.2 Å². The van der Waals surface area contributed by atoms with Gasteiger partial charge in [0.25, 0.3) is 5.91 Å². The molecule has 3 aromatic rings. The third-order valence-electron chi connectivity index (χ3n) is 3.46. The van der Waals surface area contributed by atoms with Crippen molar-refractivity contribution in [3.8, 4) is 5.69 Å². The minimum absolute atomic E-state index is 0.0893. The average molecular weight is 365 g/mol. The molecule has 0 bridgehead atoms. The topological polar surface area (TPSA) is 72.7 Å². The first kappa shape index (κ1) is 17.5. The van der Waals surface area contributed by atoms with Gasteiger partial charge < -0.3 is 5.32 Å². The number of carbonyl (C=O) groups is 1. The Morgan fingerprint density at radius 1 is 1.12 bits per heavy atom. The first-order valence-corrected chi connectivity index (χ1v) is 7.29. The van der Waals surface area contributed by atoms with Crippen LogP contribution in [0.3, 0.4) is 0 Å². The molecule has 0 aliphatic heterocycles. The molecule has 134 valence electrons. The van der Waals surface area contributed by atoms with Crippen LogP contribution in [-0.2, 0) is 6.18 Å². The Morgan fingerprint density at radius 2 is 1.81 bits per heavy atom. The van der Waals surface area contributed by atoms with Crippen LogP contribution in [-0.4, -0.2) is 25.9 Å². The van der Waals surface area contributed by atoms with Crippen LogP contribution in [0.2, 0.25) is 0 Å². The molecule has 1 N–H and O–H groups in total. The number of benzene rings is 1. The average Bonchev–Trinajstić information content (AvgIpc) is 2.97. The second-order valence-corrected chi connectivity index (χ2v) is 5.27. The number of pyridine rings is 1. The summed E-state index contributed by atoms with van der Waals surface area (Å²) >= 11 is 0. The first-order valence-electron chi connectivity index (χ1n) is 7.29. The van der Waals surface area contributed by atoms with Crippen LogP contribution in [0.1, 0.15) is 21.9 Å². The Labute approximate surface area is 144 Å². The number of halogens is 4. The highest BCUT2D eigenvalue weighted by Gasteiger charge is 2.32. The van der Waals surface area contributed by atoms with Gasteiger partial charge in [-0.05, 0) is 43.3 Å². The lowest BCUT2D eigenvalue weighted by atomic mass is 10.2. The van der Waals surface area contributed by atoms with Crippen LogP contribution in [0.5, 0.6) is 0 Å². The number of rotatable bonds is 3. The summed E-state index contributed by atoms with van der Waals surface area (Å²) in [5, 5.41) is 9.82. The Morgan fingerprint density at radius 3 is 2.46 bits per heavy atom. The van der Waals surface area contributed by atoms with Gasteiger partial charge in [0.15, 0.2) is 5.69 Å². The molecule has 0 saturated heterocycles. The molecular weight excluding hydrogens is 354 g/mol. The van der Waals surface area contributed by atoms with Crippen molar-refractivity contribution in [3.05, 3.63) is 65.4 Å². The first-order chi connectivity index (χ1) is 12.3. The van der Waals surface area contributed by atoms with Crippen LogP contribution in [0.4, 0.5) is 23.4 Å². The van der Waals surface area contributed by atoms with E-state index in [2.05, 4.69) is 20.6 Å². The van der Waals surface area contributed by atoms with Crippen molar-refractivity contribution in [1.29, 1.82) is 0 Å². The maximum absolute atomic E-state index is 13.0. The maximum Gasteiger partial charge on any atom is 0.433 e. The number of carbonyl (C=O) groups excluding carboxylic acids is 1. The van der Waals surface area contributed by atoms with Crippen molar-refractivity contribution >= 4 is 11.7 Å². The van der Waals surface area contributed by atoms with Gasteiger partial charge in [-0.25, -0.2) is 14.1 Å². The van der Waals surface area contributed by atoms with Gasteiger partial charge in [0.1, 0.15) is 17.3 Å². The summed E-state index contributed by atoms with van der Waals surface area (Å²) in [5.41, 5.74) is -0.399. The van der Waals surface area contributed by atoms with Crippen molar-refractivity contribution in [2.45, 2.75) is 13.1 Å². The molecule has 6 nitrogen and oxygen atoms in total. The minimum atomic E-state index is -4.62. The van der Waals surface area contributed by atoms with Gasteiger partial charge >= 0.3 is 6.18 Å². The third kappa shape index (κ3) is 3.53. The highest BCUT2D eigenvalue weighted by molar-refractivity contribution is 6.03. The van der Waals surface area contributed by atoms with Crippen molar-refractivity contribution in [1.82, 2.24) is 20.0 Å². The van der Waals surface area contributed by atoms with E-state index in [9.17, 15) is 22.4 Å². The molecule has 2 heterocycles. The number of anilines is 1. The molecule has 0 atom stereocenters. The normalized spacial score (nSPS) is 11.4. The molecule has 0 aliphatic rings. The molecule has 2 aromatic heterocycles. The SMILES string of the molecule is Cc1c(C(=O)Nc2cccc(C(F)(F)F)n2)nnn1-c1ccc(F)cc1. The lowest BCUT2D eigenvalue weighted by Crippen LogP contribution is -2.17. The van der Waals surface area contributed by atoms with Gasteiger partial charge in [0, 0.05) is 0 Å². The fourth-order valence-electron chi connectivity index (χ4n) is 2.20.